The van der Waals surface area contributed by atoms with Crippen molar-refractivity contribution in [2.75, 3.05) is 19.0 Å². The van der Waals surface area contributed by atoms with Gasteiger partial charge in [-0.2, -0.15) is 0 Å². The summed E-state index contributed by atoms with van der Waals surface area (Å²) in [5.41, 5.74) is 0.476. The van der Waals surface area contributed by atoms with Crippen molar-refractivity contribution < 1.29 is 9.21 Å². The monoisotopic (exact) mass is 236 g/mol. The molecule has 0 unspecified atom stereocenters. The largest absolute Gasteiger partial charge is 0.463 e. The number of anilines is 1. The number of hydrogen-bond donors (Lipinski definition) is 0. The minimum absolute atomic E-state index is 0.0456. The number of furan rings is 1. The van der Waals surface area contributed by atoms with Gasteiger partial charge >= 0.3 is 0 Å². The number of aromatic nitrogens is 1. The third kappa shape index (κ3) is 1.86. The van der Waals surface area contributed by atoms with Gasteiger partial charge in [0.25, 0.3) is 0 Å². The smallest absolute Gasteiger partial charge is 0.186 e. The number of nitrogens with zero attached hydrogens (tertiary/aromatic N) is 2. The molecule has 0 radical (unpaired) electrons. The molecule has 0 aliphatic rings. The molecule has 2 aromatic heterocycles. The van der Waals surface area contributed by atoms with Crippen LogP contribution in [0.3, 0.4) is 0 Å². The van der Waals surface area contributed by atoms with E-state index in [1.807, 2.05) is 25.1 Å². The Morgan fingerprint density at radius 3 is 2.75 bits per heavy atom. The second-order valence-electron chi connectivity index (χ2n) is 3.60. The second kappa shape index (κ2) is 4.09. The molecule has 0 aliphatic heterocycles. The maximum Gasteiger partial charge on any atom is 0.186 e. The maximum absolute atomic E-state index is 11.5. The molecule has 0 saturated heterocycles. The number of carbonyl (C=O) groups is 1. The van der Waals surface area contributed by atoms with Crippen molar-refractivity contribution >= 4 is 22.3 Å². The molecule has 0 N–H and O–H groups in total. The van der Waals surface area contributed by atoms with Crippen molar-refractivity contribution in [1.29, 1.82) is 0 Å². The predicted octanol–water partition coefficient (Wildman–Crippen LogP) is 2.67. The highest BCUT2D eigenvalue weighted by Crippen LogP contribution is 2.34. The minimum Gasteiger partial charge on any atom is -0.463 e. The van der Waals surface area contributed by atoms with Crippen molar-refractivity contribution in [3.63, 3.8) is 0 Å². The van der Waals surface area contributed by atoms with E-state index >= 15 is 0 Å². The number of rotatable bonds is 3. The molecule has 0 saturated carbocycles. The Balaban J connectivity index is 2.55. The zero-order valence-electron chi connectivity index (χ0n) is 9.35. The first-order valence-electron chi connectivity index (χ1n) is 4.82. The van der Waals surface area contributed by atoms with Gasteiger partial charge in [-0.25, -0.2) is 4.98 Å². The number of thiazole rings is 1. The van der Waals surface area contributed by atoms with Crippen LogP contribution in [-0.2, 0) is 0 Å². The summed E-state index contributed by atoms with van der Waals surface area (Å²) in [6.45, 7) is 1.51. The summed E-state index contributed by atoms with van der Waals surface area (Å²) in [7, 11) is 3.79. The third-order valence-corrected chi connectivity index (χ3v) is 3.31. The molecule has 2 heterocycles. The lowest BCUT2D eigenvalue weighted by molar-refractivity contribution is 0.101. The maximum atomic E-state index is 11.5. The highest BCUT2D eigenvalue weighted by molar-refractivity contribution is 7.19. The first kappa shape index (κ1) is 10.9. The first-order chi connectivity index (χ1) is 7.59. The average Bonchev–Trinajstić information content (AvgIpc) is 2.86. The van der Waals surface area contributed by atoms with Gasteiger partial charge in [-0.05, 0) is 12.1 Å². The molecule has 0 amide bonds. The first-order valence-corrected chi connectivity index (χ1v) is 5.64. The van der Waals surface area contributed by atoms with Crippen molar-refractivity contribution in [2.45, 2.75) is 6.92 Å². The lowest BCUT2D eigenvalue weighted by Gasteiger charge is -2.04. The molecular formula is C11H12N2O2S. The van der Waals surface area contributed by atoms with E-state index in [0.717, 1.165) is 10.0 Å². The summed E-state index contributed by atoms with van der Waals surface area (Å²) < 4.78 is 5.30. The van der Waals surface area contributed by atoms with E-state index < -0.39 is 0 Å². The van der Waals surface area contributed by atoms with Gasteiger partial charge in [0.2, 0.25) is 0 Å². The van der Waals surface area contributed by atoms with Crippen LogP contribution in [0.1, 0.15) is 17.4 Å². The second-order valence-corrected chi connectivity index (χ2v) is 4.58. The Labute approximate surface area is 97.5 Å². The van der Waals surface area contributed by atoms with Crippen LogP contribution in [0.25, 0.3) is 10.6 Å². The fourth-order valence-corrected chi connectivity index (χ4v) is 2.32. The Kier molecular flexibility index (Phi) is 2.78. The van der Waals surface area contributed by atoms with Crippen molar-refractivity contribution in [3.05, 3.63) is 24.1 Å². The summed E-state index contributed by atoms with van der Waals surface area (Å²) >= 11 is 1.45. The van der Waals surface area contributed by atoms with Gasteiger partial charge < -0.3 is 9.32 Å². The normalized spacial score (nSPS) is 10.4. The molecule has 0 spiro atoms. The molecule has 16 heavy (non-hydrogen) atoms. The van der Waals surface area contributed by atoms with Crippen LogP contribution in [0, 0.1) is 0 Å². The van der Waals surface area contributed by atoms with Crippen LogP contribution in [0.5, 0.6) is 0 Å². The van der Waals surface area contributed by atoms with Gasteiger partial charge in [-0.15, -0.1) is 0 Å². The van der Waals surface area contributed by atoms with Crippen LogP contribution in [0.15, 0.2) is 22.8 Å². The molecule has 2 aromatic rings. The van der Waals surface area contributed by atoms with Crippen LogP contribution in [0.4, 0.5) is 5.13 Å². The summed E-state index contributed by atoms with van der Waals surface area (Å²) in [4.78, 5) is 18.5. The van der Waals surface area contributed by atoms with E-state index in [4.69, 9.17) is 4.42 Å². The van der Waals surface area contributed by atoms with Gasteiger partial charge in [0.05, 0.1) is 6.26 Å². The summed E-state index contributed by atoms with van der Waals surface area (Å²) in [6, 6.07) is 3.63. The fraction of sp³-hybridized carbons (Fsp3) is 0.273. The van der Waals surface area contributed by atoms with Crippen molar-refractivity contribution in [2.24, 2.45) is 0 Å². The minimum atomic E-state index is -0.0456. The third-order valence-electron chi connectivity index (χ3n) is 2.08. The fourth-order valence-electron chi connectivity index (χ4n) is 1.31. The Bertz CT molecular complexity index is 500. The van der Waals surface area contributed by atoms with Gasteiger partial charge in [0, 0.05) is 21.0 Å². The van der Waals surface area contributed by atoms with E-state index in [1.54, 1.807) is 12.3 Å². The van der Waals surface area contributed by atoms with Crippen molar-refractivity contribution in [3.8, 4) is 10.6 Å². The number of hydrogen-bond acceptors (Lipinski definition) is 5. The molecule has 0 atom stereocenters. The van der Waals surface area contributed by atoms with Crippen LogP contribution in [-0.4, -0.2) is 24.9 Å². The molecular weight excluding hydrogens is 224 g/mol. The molecule has 0 bridgehead atoms. The number of Topliss-reactive ketones (excluding diaryl/α,β-unsaturated/α-hetero) is 1. The standard InChI is InChI=1S/C11H12N2O2S/c1-7(14)9-10(8-5-4-6-15-8)16-11(12-9)13(2)3/h4-6H,1-3H3. The van der Waals surface area contributed by atoms with E-state index in [-0.39, 0.29) is 5.78 Å². The topological polar surface area (TPSA) is 46.3 Å². The Morgan fingerprint density at radius 2 is 2.25 bits per heavy atom. The summed E-state index contributed by atoms with van der Waals surface area (Å²) in [5, 5.41) is 0.802. The highest BCUT2D eigenvalue weighted by atomic mass is 32.1. The lowest BCUT2D eigenvalue weighted by atomic mass is 10.2. The average molecular weight is 236 g/mol. The van der Waals surface area contributed by atoms with E-state index in [0.29, 0.717) is 11.5 Å². The molecule has 4 nitrogen and oxygen atoms in total. The van der Waals surface area contributed by atoms with Crippen molar-refractivity contribution in [1.82, 2.24) is 4.98 Å². The highest BCUT2D eigenvalue weighted by Gasteiger charge is 2.19. The zero-order valence-corrected chi connectivity index (χ0v) is 10.2. The Hall–Kier alpha value is -1.62. The molecule has 5 heteroatoms. The molecule has 84 valence electrons. The Morgan fingerprint density at radius 1 is 1.50 bits per heavy atom. The van der Waals surface area contributed by atoms with E-state index in [2.05, 4.69) is 4.98 Å². The van der Waals surface area contributed by atoms with Gasteiger partial charge in [-0.1, -0.05) is 11.3 Å². The van der Waals surface area contributed by atoms with Gasteiger partial charge in [0.15, 0.2) is 10.9 Å². The van der Waals surface area contributed by atoms with E-state index in [1.165, 1.54) is 18.3 Å². The molecule has 2 rings (SSSR count). The number of ketones is 1. The lowest BCUT2D eigenvalue weighted by Crippen LogP contribution is -2.08. The molecule has 0 aliphatic carbocycles. The predicted molar refractivity (Wildman–Crippen MR) is 64.1 cm³/mol. The van der Waals surface area contributed by atoms with Gasteiger partial charge in [-0.3, -0.25) is 4.79 Å². The van der Waals surface area contributed by atoms with Crippen LogP contribution >= 0.6 is 11.3 Å². The van der Waals surface area contributed by atoms with Crippen LogP contribution in [0.2, 0.25) is 0 Å². The van der Waals surface area contributed by atoms with Gasteiger partial charge in [0.1, 0.15) is 16.3 Å². The molecule has 0 fully saturated rings. The molecule has 0 aromatic carbocycles. The summed E-state index contributed by atoms with van der Waals surface area (Å²) in [6.07, 6.45) is 1.59. The van der Waals surface area contributed by atoms with E-state index in [9.17, 15) is 4.79 Å². The number of carbonyl (C=O) groups excluding carboxylic acids is 1. The zero-order chi connectivity index (χ0) is 11.7. The van der Waals surface area contributed by atoms with Crippen LogP contribution < -0.4 is 4.90 Å². The quantitative estimate of drug-likeness (QED) is 0.769. The SMILES string of the molecule is CC(=O)c1nc(N(C)C)sc1-c1ccco1. The summed E-state index contributed by atoms with van der Waals surface area (Å²) in [5.74, 6) is 0.645.